The summed E-state index contributed by atoms with van der Waals surface area (Å²) in [4.78, 5) is 10.5. The van der Waals surface area contributed by atoms with Crippen LogP contribution in [-0.4, -0.2) is 19.6 Å². The summed E-state index contributed by atoms with van der Waals surface area (Å²) < 4.78 is 2.27. The molecular weight excluding hydrogens is 791 g/mol. The van der Waals surface area contributed by atoms with Crippen molar-refractivity contribution < 1.29 is 5.11 Å². The standard InChI is InChI=1S/C61H57N3O/c1-60(2,3)50-38-46(37-47(39-50)54-40-45(33-34-62-54)43-28-30-49(31-29-43)61(4,5)48-21-10-7-11-22-48)51-24-16-25-56-58(51)63-59(52-23-14-15-26-57(52)65)64(56)55-32-27-42(35-41-17-12-13-18-41)36-53(55)44-19-8-6-9-20-44/h6-11,14-16,19-34,36-41,65H,12-13,17-18,35H2,1-5H3. The summed E-state index contributed by atoms with van der Waals surface area (Å²) in [5.41, 5.74) is 17.1. The van der Waals surface area contributed by atoms with Gasteiger partial charge in [0.1, 0.15) is 11.6 Å². The average molecular weight is 848 g/mol. The number of hydrogen-bond donors (Lipinski definition) is 1. The zero-order valence-electron chi connectivity index (χ0n) is 38.2. The molecule has 1 aliphatic rings. The van der Waals surface area contributed by atoms with E-state index in [1.54, 1.807) is 6.07 Å². The number of para-hydroxylation sites is 2. The minimum Gasteiger partial charge on any atom is -0.507 e. The highest BCUT2D eigenvalue weighted by Gasteiger charge is 2.26. The molecule has 2 aromatic heterocycles. The molecular formula is C61H57N3O. The molecule has 0 amide bonds. The number of phenols is 1. The first kappa shape index (κ1) is 41.9. The van der Waals surface area contributed by atoms with Gasteiger partial charge in [-0.25, -0.2) is 4.98 Å². The lowest BCUT2D eigenvalue weighted by Gasteiger charge is -2.26. The fourth-order valence-electron chi connectivity index (χ4n) is 9.95. The van der Waals surface area contributed by atoms with Crippen LogP contribution < -0.4 is 0 Å². The summed E-state index contributed by atoms with van der Waals surface area (Å²) in [6.07, 6.45) is 8.28. The van der Waals surface area contributed by atoms with Crippen molar-refractivity contribution in [1.29, 1.82) is 0 Å². The van der Waals surface area contributed by atoms with E-state index in [-0.39, 0.29) is 16.6 Å². The smallest absolute Gasteiger partial charge is 0.149 e. The molecule has 0 radical (unpaired) electrons. The number of pyridine rings is 1. The van der Waals surface area contributed by atoms with Gasteiger partial charge in [-0.05, 0) is 117 Å². The van der Waals surface area contributed by atoms with Crippen LogP contribution in [0, 0.1) is 5.92 Å². The van der Waals surface area contributed by atoms with Gasteiger partial charge >= 0.3 is 0 Å². The largest absolute Gasteiger partial charge is 0.507 e. The summed E-state index contributed by atoms with van der Waals surface area (Å²) >= 11 is 0. The molecule has 0 aliphatic heterocycles. The fourth-order valence-corrected chi connectivity index (χ4v) is 9.95. The lowest BCUT2D eigenvalue weighted by molar-refractivity contribution is 0.477. The van der Waals surface area contributed by atoms with E-state index in [2.05, 4.69) is 191 Å². The number of hydrogen-bond acceptors (Lipinski definition) is 3. The van der Waals surface area contributed by atoms with E-state index < -0.39 is 0 Å². The molecule has 7 aromatic carbocycles. The maximum Gasteiger partial charge on any atom is 0.149 e. The Morgan fingerprint density at radius 3 is 1.95 bits per heavy atom. The summed E-state index contributed by atoms with van der Waals surface area (Å²) in [5, 5.41) is 11.5. The molecule has 1 fully saturated rings. The number of phenolic OH excluding ortho intramolecular Hbond substituents is 1. The minimum atomic E-state index is -0.136. The number of aromatic nitrogens is 3. The van der Waals surface area contributed by atoms with Crippen LogP contribution in [0.2, 0.25) is 0 Å². The van der Waals surface area contributed by atoms with Crippen molar-refractivity contribution in [3.8, 4) is 67.5 Å². The second-order valence-electron chi connectivity index (χ2n) is 19.6. The van der Waals surface area contributed by atoms with Crippen LogP contribution in [0.3, 0.4) is 0 Å². The Labute approximate surface area is 384 Å². The first-order chi connectivity index (χ1) is 31.5. The Morgan fingerprint density at radius 2 is 1.22 bits per heavy atom. The molecule has 0 atom stereocenters. The topological polar surface area (TPSA) is 50.9 Å². The molecule has 0 bridgehead atoms. The Bertz CT molecular complexity index is 3130. The van der Waals surface area contributed by atoms with Crippen molar-refractivity contribution in [2.75, 3.05) is 0 Å². The lowest BCUT2D eigenvalue weighted by Crippen LogP contribution is -2.18. The summed E-state index contributed by atoms with van der Waals surface area (Å²) in [6.45, 7) is 11.4. The van der Waals surface area contributed by atoms with Gasteiger partial charge in [0.25, 0.3) is 0 Å². The summed E-state index contributed by atoms with van der Waals surface area (Å²) in [5.74, 6) is 1.63. The van der Waals surface area contributed by atoms with E-state index in [1.807, 2.05) is 24.4 Å². The first-order valence-corrected chi connectivity index (χ1v) is 23.3. The van der Waals surface area contributed by atoms with Gasteiger partial charge in [0, 0.05) is 28.3 Å². The zero-order valence-corrected chi connectivity index (χ0v) is 38.2. The van der Waals surface area contributed by atoms with E-state index in [9.17, 15) is 5.11 Å². The van der Waals surface area contributed by atoms with E-state index in [4.69, 9.17) is 9.97 Å². The predicted octanol–water partition coefficient (Wildman–Crippen LogP) is 15.8. The van der Waals surface area contributed by atoms with Gasteiger partial charge in [-0.15, -0.1) is 0 Å². The molecule has 65 heavy (non-hydrogen) atoms. The average Bonchev–Trinajstić information content (AvgIpc) is 4.00. The van der Waals surface area contributed by atoms with E-state index in [0.29, 0.717) is 11.4 Å². The maximum absolute atomic E-state index is 11.5. The van der Waals surface area contributed by atoms with E-state index in [1.165, 1.54) is 47.9 Å². The van der Waals surface area contributed by atoms with Gasteiger partial charge in [-0.3, -0.25) is 9.55 Å². The van der Waals surface area contributed by atoms with Crippen LogP contribution in [0.1, 0.15) is 82.6 Å². The monoisotopic (exact) mass is 847 g/mol. The molecule has 2 heterocycles. The number of nitrogens with zero attached hydrogens (tertiary/aromatic N) is 3. The van der Waals surface area contributed by atoms with Crippen LogP contribution in [-0.2, 0) is 17.3 Å². The Balaban J connectivity index is 1.11. The van der Waals surface area contributed by atoms with Gasteiger partial charge in [-0.2, -0.15) is 0 Å². The first-order valence-electron chi connectivity index (χ1n) is 23.3. The highest BCUT2D eigenvalue weighted by atomic mass is 16.3. The quantitative estimate of drug-likeness (QED) is 0.149. The highest BCUT2D eigenvalue weighted by molar-refractivity contribution is 5.97. The zero-order chi connectivity index (χ0) is 44.7. The fraction of sp³-hybridized carbons (Fsp3) is 0.213. The molecule has 4 nitrogen and oxygen atoms in total. The van der Waals surface area contributed by atoms with Gasteiger partial charge in [0.2, 0.25) is 0 Å². The van der Waals surface area contributed by atoms with Crippen molar-refractivity contribution in [3.05, 3.63) is 204 Å². The second-order valence-corrected chi connectivity index (χ2v) is 19.6. The van der Waals surface area contributed by atoms with Crippen LogP contribution in [0.25, 0.3) is 72.7 Å². The normalized spacial score (nSPS) is 13.4. The Kier molecular flexibility index (Phi) is 11.1. The molecule has 322 valence electrons. The third kappa shape index (κ3) is 8.30. The third-order valence-corrected chi connectivity index (χ3v) is 13.8. The summed E-state index contributed by atoms with van der Waals surface area (Å²) in [6, 6.07) is 62.7. The Hall–Kier alpha value is -7.04. The number of rotatable bonds is 10. The molecule has 0 spiro atoms. The van der Waals surface area contributed by atoms with Crippen molar-refractivity contribution in [3.63, 3.8) is 0 Å². The van der Waals surface area contributed by atoms with Crippen molar-refractivity contribution in [2.24, 2.45) is 5.92 Å². The van der Waals surface area contributed by atoms with Crippen molar-refractivity contribution in [2.45, 2.75) is 77.6 Å². The van der Waals surface area contributed by atoms with E-state index >= 15 is 0 Å². The van der Waals surface area contributed by atoms with Crippen LogP contribution in [0.4, 0.5) is 0 Å². The number of imidazole rings is 1. The summed E-state index contributed by atoms with van der Waals surface area (Å²) in [7, 11) is 0. The number of fused-ring (bicyclic) bond motifs is 1. The van der Waals surface area contributed by atoms with Crippen LogP contribution in [0.5, 0.6) is 5.75 Å². The molecule has 4 heteroatoms. The number of aromatic hydroxyl groups is 1. The predicted molar refractivity (Wildman–Crippen MR) is 271 cm³/mol. The SMILES string of the molecule is CC(C)(C)c1cc(-c2cc(-c3ccc(C(C)(C)c4ccccc4)cc3)ccn2)cc(-c2cccc3c2nc(-c2ccccc2O)n3-c2ccc(CC3CCCC3)cc2-c2ccccc2)c1. The van der Waals surface area contributed by atoms with Gasteiger partial charge in [0.15, 0.2) is 0 Å². The van der Waals surface area contributed by atoms with Crippen LogP contribution >= 0.6 is 0 Å². The van der Waals surface area contributed by atoms with Gasteiger partial charge in [0.05, 0.1) is 28.0 Å². The molecule has 1 saturated carbocycles. The molecule has 1 N–H and O–H groups in total. The lowest BCUT2D eigenvalue weighted by atomic mass is 9.78. The van der Waals surface area contributed by atoms with E-state index in [0.717, 1.165) is 73.7 Å². The number of benzene rings is 7. The molecule has 9 aromatic rings. The van der Waals surface area contributed by atoms with Crippen molar-refractivity contribution >= 4 is 11.0 Å². The maximum atomic E-state index is 11.5. The minimum absolute atomic E-state index is 0.114. The molecule has 1 aliphatic carbocycles. The second kappa shape index (κ2) is 17.2. The van der Waals surface area contributed by atoms with Gasteiger partial charge < -0.3 is 5.11 Å². The molecule has 10 rings (SSSR count). The van der Waals surface area contributed by atoms with Crippen LogP contribution in [0.15, 0.2) is 182 Å². The molecule has 0 saturated heterocycles. The van der Waals surface area contributed by atoms with Gasteiger partial charge in [-0.1, -0.05) is 182 Å². The third-order valence-electron chi connectivity index (χ3n) is 13.8. The Morgan fingerprint density at radius 1 is 0.538 bits per heavy atom. The molecule has 0 unspecified atom stereocenters. The van der Waals surface area contributed by atoms with Crippen molar-refractivity contribution in [1.82, 2.24) is 14.5 Å². The highest BCUT2D eigenvalue weighted by Crippen LogP contribution is 2.42.